The van der Waals surface area contributed by atoms with Crippen LogP contribution in [0, 0.1) is 0 Å². The molecule has 2 N–H and O–H groups in total. The Bertz CT molecular complexity index is 938. The number of amides is 1. The summed E-state index contributed by atoms with van der Waals surface area (Å²) in [6.45, 7) is 3.07. The molecule has 1 aromatic heterocycles. The smallest absolute Gasteiger partial charge is 0.248 e. The van der Waals surface area contributed by atoms with E-state index in [0.29, 0.717) is 11.5 Å². The summed E-state index contributed by atoms with van der Waals surface area (Å²) in [5.74, 6) is 0.253. The number of carbonyl (C=O) groups excluding carboxylic acids is 1. The van der Waals surface area contributed by atoms with Gasteiger partial charge in [-0.05, 0) is 60.9 Å². The molecule has 25 heavy (non-hydrogen) atoms. The maximum atomic E-state index is 11.5. The molecule has 0 spiro atoms. The van der Waals surface area contributed by atoms with Gasteiger partial charge in [0.05, 0.1) is 0 Å². The van der Waals surface area contributed by atoms with E-state index in [1.165, 1.54) is 47.8 Å². The zero-order valence-corrected chi connectivity index (χ0v) is 14.7. The molecular weight excluding hydrogens is 308 g/mol. The van der Waals surface area contributed by atoms with Gasteiger partial charge in [-0.25, -0.2) is 0 Å². The predicted octanol–water partition coefficient (Wildman–Crippen LogP) is 4.62. The van der Waals surface area contributed by atoms with Crippen molar-refractivity contribution in [1.29, 1.82) is 0 Å². The van der Waals surface area contributed by atoms with Crippen molar-refractivity contribution in [1.82, 2.24) is 4.57 Å². The molecule has 1 atom stereocenters. The van der Waals surface area contributed by atoms with Crippen molar-refractivity contribution in [3.8, 4) is 0 Å². The molecule has 0 saturated heterocycles. The lowest BCUT2D eigenvalue weighted by Crippen LogP contribution is -2.15. The summed E-state index contributed by atoms with van der Waals surface area (Å²) in [4.78, 5) is 11.5. The van der Waals surface area contributed by atoms with Crippen LogP contribution in [0.5, 0.6) is 0 Å². The van der Waals surface area contributed by atoms with E-state index in [2.05, 4.69) is 41.8 Å². The molecule has 0 saturated carbocycles. The molecule has 0 bridgehead atoms. The summed E-state index contributed by atoms with van der Waals surface area (Å²) in [7, 11) is 0. The van der Waals surface area contributed by atoms with E-state index in [0.717, 1.165) is 12.1 Å². The Kier molecular flexibility index (Phi) is 4.08. The van der Waals surface area contributed by atoms with Crippen molar-refractivity contribution in [3.63, 3.8) is 0 Å². The highest BCUT2D eigenvalue weighted by Crippen LogP contribution is 2.40. The fourth-order valence-corrected chi connectivity index (χ4v) is 4.36. The third-order valence-electron chi connectivity index (χ3n) is 5.53. The second kappa shape index (κ2) is 6.40. The van der Waals surface area contributed by atoms with Crippen LogP contribution in [0.25, 0.3) is 10.9 Å². The van der Waals surface area contributed by atoms with E-state index in [9.17, 15) is 4.79 Å². The Labute approximate surface area is 148 Å². The fraction of sp³-hybridized carbons (Fsp3) is 0.318. The Hall–Kier alpha value is -2.55. The molecule has 3 aromatic rings. The molecule has 0 radical (unpaired) electrons. The van der Waals surface area contributed by atoms with Crippen LogP contribution >= 0.6 is 0 Å². The second-order valence-electron chi connectivity index (χ2n) is 7.03. The van der Waals surface area contributed by atoms with Crippen molar-refractivity contribution in [3.05, 3.63) is 70.9 Å². The number of aromatic nitrogens is 1. The number of benzene rings is 2. The van der Waals surface area contributed by atoms with Crippen LogP contribution in [0.1, 0.15) is 59.3 Å². The number of hydrogen-bond donors (Lipinski definition) is 1. The minimum atomic E-state index is -0.368. The molecular formula is C22H24N2O. The van der Waals surface area contributed by atoms with Crippen LogP contribution in [0.15, 0.2) is 48.5 Å². The lowest BCUT2D eigenvalue weighted by molar-refractivity contribution is 0.1000. The van der Waals surface area contributed by atoms with Gasteiger partial charge in [0.1, 0.15) is 0 Å². The SMILES string of the molecule is CCC1CCCc2c1n(Cc1cccc(C(N)=O)c1)c1ccccc21. The largest absolute Gasteiger partial charge is 0.366 e. The fourth-order valence-electron chi connectivity index (χ4n) is 4.36. The standard InChI is InChI=1S/C22H24N2O/c1-2-16-8-6-11-19-18-10-3-4-12-20(18)24(21(16)19)14-15-7-5-9-17(13-15)22(23)25/h3-5,7,9-10,12-13,16H,2,6,8,11,14H2,1H3,(H2,23,25). The summed E-state index contributed by atoms with van der Waals surface area (Å²) in [5.41, 5.74) is 11.5. The molecule has 4 rings (SSSR count). The van der Waals surface area contributed by atoms with Crippen LogP contribution in [-0.2, 0) is 13.0 Å². The van der Waals surface area contributed by atoms with Crippen molar-refractivity contribution < 1.29 is 4.79 Å². The summed E-state index contributed by atoms with van der Waals surface area (Å²) >= 11 is 0. The molecule has 1 amide bonds. The quantitative estimate of drug-likeness (QED) is 0.744. The number of carbonyl (C=O) groups is 1. The van der Waals surface area contributed by atoms with Gasteiger partial charge in [0.2, 0.25) is 5.91 Å². The van der Waals surface area contributed by atoms with Crippen LogP contribution in [0.4, 0.5) is 0 Å². The lowest BCUT2D eigenvalue weighted by atomic mass is 9.85. The number of aryl methyl sites for hydroxylation is 1. The van der Waals surface area contributed by atoms with E-state index in [-0.39, 0.29) is 5.91 Å². The lowest BCUT2D eigenvalue weighted by Gasteiger charge is -2.25. The molecule has 1 unspecified atom stereocenters. The number of hydrogen-bond acceptors (Lipinski definition) is 1. The Balaban J connectivity index is 1.87. The number of rotatable bonds is 4. The number of nitrogens with zero attached hydrogens (tertiary/aromatic N) is 1. The Morgan fingerprint density at radius 2 is 2.04 bits per heavy atom. The van der Waals surface area contributed by atoms with Crippen LogP contribution in [0.2, 0.25) is 0 Å². The van der Waals surface area contributed by atoms with E-state index in [1.54, 1.807) is 6.07 Å². The highest BCUT2D eigenvalue weighted by molar-refractivity contribution is 5.93. The third kappa shape index (κ3) is 2.74. The van der Waals surface area contributed by atoms with Crippen LogP contribution in [0.3, 0.4) is 0 Å². The number of primary amides is 1. The number of fused-ring (bicyclic) bond motifs is 3. The molecule has 0 aliphatic heterocycles. The Morgan fingerprint density at radius 1 is 1.20 bits per heavy atom. The normalized spacial score (nSPS) is 16.8. The number of nitrogens with two attached hydrogens (primary N) is 1. The van der Waals surface area contributed by atoms with E-state index < -0.39 is 0 Å². The monoisotopic (exact) mass is 332 g/mol. The van der Waals surface area contributed by atoms with Crippen molar-refractivity contribution >= 4 is 16.8 Å². The van der Waals surface area contributed by atoms with Gasteiger partial charge in [-0.1, -0.05) is 37.3 Å². The summed E-state index contributed by atoms with van der Waals surface area (Å²) in [6, 6.07) is 16.4. The van der Waals surface area contributed by atoms with Gasteiger partial charge in [-0.2, -0.15) is 0 Å². The zero-order valence-electron chi connectivity index (χ0n) is 14.7. The predicted molar refractivity (Wildman–Crippen MR) is 102 cm³/mol. The van der Waals surface area contributed by atoms with Crippen molar-refractivity contribution in [2.75, 3.05) is 0 Å². The third-order valence-corrected chi connectivity index (χ3v) is 5.53. The average molecular weight is 332 g/mol. The highest BCUT2D eigenvalue weighted by Gasteiger charge is 2.26. The van der Waals surface area contributed by atoms with Gasteiger partial charge in [-0.3, -0.25) is 4.79 Å². The molecule has 1 aliphatic carbocycles. The molecule has 0 fully saturated rings. The average Bonchev–Trinajstić information content (AvgIpc) is 2.96. The van der Waals surface area contributed by atoms with E-state index in [4.69, 9.17) is 5.73 Å². The maximum Gasteiger partial charge on any atom is 0.248 e. The molecule has 128 valence electrons. The number of para-hydroxylation sites is 1. The first-order chi connectivity index (χ1) is 12.2. The maximum absolute atomic E-state index is 11.5. The first-order valence-corrected chi connectivity index (χ1v) is 9.17. The van der Waals surface area contributed by atoms with Gasteiger partial charge >= 0.3 is 0 Å². The van der Waals surface area contributed by atoms with Gasteiger partial charge in [-0.15, -0.1) is 0 Å². The van der Waals surface area contributed by atoms with E-state index in [1.807, 2.05) is 12.1 Å². The van der Waals surface area contributed by atoms with Gasteiger partial charge in [0.15, 0.2) is 0 Å². The Morgan fingerprint density at radius 3 is 2.84 bits per heavy atom. The molecule has 1 heterocycles. The summed E-state index contributed by atoms with van der Waals surface area (Å²) in [5, 5.41) is 1.39. The first-order valence-electron chi connectivity index (χ1n) is 9.17. The minimum Gasteiger partial charge on any atom is -0.366 e. The minimum absolute atomic E-state index is 0.368. The molecule has 2 aromatic carbocycles. The topological polar surface area (TPSA) is 48.0 Å². The summed E-state index contributed by atoms with van der Waals surface area (Å²) < 4.78 is 2.47. The first kappa shape index (κ1) is 15.9. The van der Waals surface area contributed by atoms with Gasteiger partial charge in [0, 0.05) is 28.7 Å². The van der Waals surface area contributed by atoms with E-state index >= 15 is 0 Å². The van der Waals surface area contributed by atoms with Gasteiger partial charge < -0.3 is 10.3 Å². The van der Waals surface area contributed by atoms with Crippen LogP contribution in [-0.4, -0.2) is 10.5 Å². The molecule has 3 nitrogen and oxygen atoms in total. The molecule has 3 heteroatoms. The zero-order chi connectivity index (χ0) is 17.4. The van der Waals surface area contributed by atoms with Gasteiger partial charge in [0.25, 0.3) is 0 Å². The second-order valence-corrected chi connectivity index (χ2v) is 7.03. The van der Waals surface area contributed by atoms with Crippen LogP contribution < -0.4 is 5.73 Å². The van der Waals surface area contributed by atoms with Crippen molar-refractivity contribution in [2.24, 2.45) is 5.73 Å². The van der Waals surface area contributed by atoms with Crippen molar-refractivity contribution in [2.45, 2.75) is 45.1 Å². The molecule has 1 aliphatic rings. The summed E-state index contributed by atoms with van der Waals surface area (Å²) in [6.07, 6.45) is 4.88. The highest BCUT2D eigenvalue weighted by atomic mass is 16.1.